The molecular weight excluding hydrogens is 292 g/mol. The first kappa shape index (κ1) is 15.3. The Morgan fingerprint density at radius 3 is 2.90 bits per heavy atom. The van der Waals surface area contributed by atoms with E-state index in [2.05, 4.69) is 15.5 Å². The number of methoxy groups -OCH3 is 1. The fourth-order valence-electron chi connectivity index (χ4n) is 1.81. The van der Waals surface area contributed by atoms with E-state index in [4.69, 9.17) is 4.74 Å². The number of hydrogen-bond acceptors (Lipinski definition) is 7. The van der Waals surface area contributed by atoms with Crippen LogP contribution in [-0.4, -0.2) is 35.3 Å². The second-order valence-corrected chi connectivity index (χ2v) is 5.31. The number of rotatable bonds is 7. The number of benzene rings is 1. The zero-order valence-corrected chi connectivity index (χ0v) is 12.6. The lowest BCUT2D eigenvalue weighted by molar-refractivity contribution is -0.384. The van der Waals surface area contributed by atoms with Crippen LogP contribution < -0.4 is 10.1 Å². The van der Waals surface area contributed by atoms with Gasteiger partial charge in [-0.2, -0.15) is 0 Å². The molecule has 0 aliphatic carbocycles. The lowest BCUT2D eigenvalue weighted by Crippen LogP contribution is -2.15. The molecule has 2 aromatic rings. The minimum absolute atomic E-state index is 0.00696. The van der Waals surface area contributed by atoms with Crippen LogP contribution in [0.3, 0.4) is 0 Å². The fourth-order valence-corrected chi connectivity index (χ4v) is 2.67. The van der Waals surface area contributed by atoms with Crippen LogP contribution in [0.2, 0.25) is 0 Å². The van der Waals surface area contributed by atoms with Crippen molar-refractivity contribution in [2.75, 3.05) is 20.2 Å². The highest BCUT2D eigenvalue weighted by Gasteiger charge is 2.16. The Hall–Kier alpha value is -2.06. The van der Waals surface area contributed by atoms with E-state index in [0.717, 1.165) is 30.1 Å². The first-order valence-electron chi connectivity index (χ1n) is 6.51. The Morgan fingerprint density at radius 2 is 2.24 bits per heavy atom. The summed E-state index contributed by atoms with van der Waals surface area (Å²) in [6, 6.07) is 4.48. The SMILES string of the molecule is CCNCCc1nnc(-c2ccc([N+](=O)[O-])cc2OC)s1. The van der Waals surface area contributed by atoms with Crippen molar-refractivity contribution in [2.24, 2.45) is 0 Å². The van der Waals surface area contributed by atoms with E-state index >= 15 is 0 Å². The average molecular weight is 308 g/mol. The largest absolute Gasteiger partial charge is 0.496 e. The van der Waals surface area contributed by atoms with E-state index in [9.17, 15) is 10.1 Å². The molecule has 0 aliphatic rings. The molecular formula is C13H16N4O3S. The maximum absolute atomic E-state index is 10.8. The van der Waals surface area contributed by atoms with Crippen LogP contribution >= 0.6 is 11.3 Å². The van der Waals surface area contributed by atoms with E-state index in [1.165, 1.54) is 30.6 Å². The second-order valence-electron chi connectivity index (χ2n) is 4.25. The lowest BCUT2D eigenvalue weighted by atomic mass is 10.2. The third-order valence-corrected chi connectivity index (χ3v) is 3.88. The number of likely N-dealkylation sites (N-methyl/N-ethyl adjacent to an activating group) is 1. The summed E-state index contributed by atoms with van der Waals surface area (Å²) in [7, 11) is 1.48. The molecule has 0 fully saturated rings. The molecule has 0 saturated heterocycles. The van der Waals surface area contributed by atoms with Gasteiger partial charge in [0, 0.05) is 19.0 Å². The van der Waals surface area contributed by atoms with Crippen LogP contribution in [-0.2, 0) is 6.42 Å². The average Bonchev–Trinajstić information content (AvgIpc) is 2.95. The van der Waals surface area contributed by atoms with Crippen molar-refractivity contribution in [3.63, 3.8) is 0 Å². The van der Waals surface area contributed by atoms with Crippen molar-refractivity contribution in [1.29, 1.82) is 0 Å². The Bertz CT molecular complexity index is 630. The van der Waals surface area contributed by atoms with Gasteiger partial charge in [-0.1, -0.05) is 18.3 Å². The molecule has 7 nitrogen and oxygen atoms in total. The van der Waals surface area contributed by atoms with Crippen molar-refractivity contribution < 1.29 is 9.66 Å². The van der Waals surface area contributed by atoms with Gasteiger partial charge in [0.1, 0.15) is 10.8 Å². The predicted octanol–water partition coefficient (Wildman–Crippen LogP) is 2.27. The number of nitro benzene ring substituents is 1. The Labute approximate surface area is 126 Å². The van der Waals surface area contributed by atoms with Crippen LogP contribution in [0.4, 0.5) is 5.69 Å². The fraction of sp³-hybridized carbons (Fsp3) is 0.385. The molecule has 112 valence electrons. The first-order chi connectivity index (χ1) is 10.2. The highest BCUT2D eigenvalue weighted by Crippen LogP contribution is 2.34. The highest BCUT2D eigenvalue weighted by molar-refractivity contribution is 7.14. The molecule has 0 spiro atoms. The maximum Gasteiger partial charge on any atom is 0.273 e. The maximum atomic E-state index is 10.8. The van der Waals surface area contributed by atoms with Crippen LogP contribution in [0, 0.1) is 10.1 Å². The van der Waals surface area contributed by atoms with Gasteiger partial charge in [-0.15, -0.1) is 10.2 Å². The summed E-state index contributed by atoms with van der Waals surface area (Å²) in [5.74, 6) is 0.429. The van der Waals surface area contributed by atoms with Crippen molar-refractivity contribution >= 4 is 17.0 Å². The normalized spacial score (nSPS) is 10.6. The Kier molecular flexibility index (Phi) is 5.18. The van der Waals surface area contributed by atoms with Gasteiger partial charge in [0.05, 0.1) is 23.7 Å². The number of hydrogen-bond donors (Lipinski definition) is 1. The van der Waals surface area contributed by atoms with Gasteiger partial charge in [-0.3, -0.25) is 10.1 Å². The molecule has 0 amide bonds. The van der Waals surface area contributed by atoms with Crippen LogP contribution in [0.1, 0.15) is 11.9 Å². The molecule has 0 saturated carbocycles. The molecule has 0 bridgehead atoms. The first-order valence-corrected chi connectivity index (χ1v) is 7.33. The number of nitro groups is 1. The Morgan fingerprint density at radius 1 is 1.43 bits per heavy atom. The van der Waals surface area contributed by atoms with Crippen LogP contribution in [0.15, 0.2) is 18.2 Å². The van der Waals surface area contributed by atoms with E-state index in [1.807, 2.05) is 6.92 Å². The van der Waals surface area contributed by atoms with Crippen molar-refractivity contribution in [1.82, 2.24) is 15.5 Å². The number of aromatic nitrogens is 2. The monoisotopic (exact) mass is 308 g/mol. The minimum Gasteiger partial charge on any atom is -0.496 e. The molecule has 2 rings (SSSR count). The zero-order valence-electron chi connectivity index (χ0n) is 11.8. The van der Waals surface area contributed by atoms with Crippen molar-refractivity contribution in [2.45, 2.75) is 13.3 Å². The van der Waals surface area contributed by atoms with E-state index in [-0.39, 0.29) is 5.69 Å². The topological polar surface area (TPSA) is 90.2 Å². The molecule has 1 aromatic heterocycles. The van der Waals surface area contributed by atoms with Gasteiger partial charge < -0.3 is 10.1 Å². The van der Waals surface area contributed by atoms with E-state index in [1.54, 1.807) is 6.07 Å². The summed E-state index contributed by atoms with van der Waals surface area (Å²) in [6.45, 7) is 3.82. The molecule has 1 aromatic carbocycles. The standard InChI is InChI=1S/C13H16N4O3S/c1-3-14-7-6-12-15-16-13(21-12)10-5-4-9(17(18)19)8-11(10)20-2/h4-5,8,14H,3,6-7H2,1-2H3. The summed E-state index contributed by atoms with van der Waals surface area (Å²) < 4.78 is 5.22. The smallest absolute Gasteiger partial charge is 0.273 e. The van der Waals surface area contributed by atoms with Gasteiger partial charge in [-0.05, 0) is 12.6 Å². The summed E-state index contributed by atoms with van der Waals surface area (Å²) in [6.07, 6.45) is 0.806. The van der Waals surface area contributed by atoms with Gasteiger partial charge in [0.25, 0.3) is 5.69 Å². The van der Waals surface area contributed by atoms with Crippen LogP contribution in [0.5, 0.6) is 5.75 Å². The molecule has 0 atom stereocenters. The van der Waals surface area contributed by atoms with Crippen LogP contribution in [0.25, 0.3) is 10.6 Å². The summed E-state index contributed by atoms with van der Waals surface area (Å²) in [5, 5.41) is 23.9. The molecule has 8 heteroatoms. The second kappa shape index (κ2) is 7.09. The number of non-ortho nitro benzene ring substituents is 1. The van der Waals surface area contributed by atoms with E-state index < -0.39 is 4.92 Å². The predicted molar refractivity (Wildman–Crippen MR) is 80.8 cm³/mol. The molecule has 1 heterocycles. The third-order valence-electron chi connectivity index (χ3n) is 2.86. The summed E-state index contributed by atoms with van der Waals surface area (Å²) >= 11 is 1.47. The lowest BCUT2D eigenvalue weighted by Gasteiger charge is -2.04. The van der Waals surface area contributed by atoms with Gasteiger partial charge in [0.2, 0.25) is 0 Å². The minimum atomic E-state index is -0.450. The third kappa shape index (κ3) is 3.73. The summed E-state index contributed by atoms with van der Waals surface area (Å²) in [4.78, 5) is 10.3. The molecule has 0 aliphatic heterocycles. The number of nitrogens with zero attached hydrogens (tertiary/aromatic N) is 3. The van der Waals surface area contributed by atoms with Gasteiger partial charge in [-0.25, -0.2) is 0 Å². The molecule has 0 radical (unpaired) electrons. The van der Waals surface area contributed by atoms with Gasteiger partial charge in [0.15, 0.2) is 5.01 Å². The van der Waals surface area contributed by atoms with Gasteiger partial charge >= 0.3 is 0 Å². The quantitative estimate of drug-likeness (QED) is 0.479. The zero-order chi connectivity index (χ0) is 15.2. The number of nitrogens with one attached hydrogen (secondary N) is 1. The van der Waals surface area contributed by atoms with E-state index in [0.29, 0.717) is 10.8 Å². The number of ether oxygens (including phenoxy) is 1. The van der Waals surface area contributed by atoms with Crippen molar-refractivity contribution in [3.05, 3.63) is 33.3 Å². The molecule has 1 N–H and O–H groups in total. The molecule has 21 heavy (non-hydrogen) atoms. The highest BCUT2D eigenvalue weighted by atomic mass is 32.1. The van der Waals surface area contributed by atoms with Crippen molar-refractivity contribution in [3.8, 4) is 16.3 Å². The Balaban J connectivity index is 2.23. The summed E-state index contributed by atoms with van der Waals surface area (Å²) in [5.41, 5.74) is 0.711. The molecule has 0 unspecified atom stereocenters.